The Morgan fingerprint density at radius 3 is 2.23 bits per heavy atom. The third kappa shape index (κ3) is 2.80. The summed E-state index contributed by atoms with van der Waals surface area (Å²) < 4.78 is 15.3. The van der Waals surface area contributed by atoms with Gasteiger partial charge in [-0.2, -0.15) is 10.5 Å². The zero-order valence-corrected chi connectivity index (χ0v) is 14.5. The van der Waals surface area contributed by atoms with E-state index in [1.807, 2.05) is 0 Å². The first-order chi connectivity index (χ1) is 12.5. The number of benzene rings is 1. The van der Waals surface area contributed by atoms with Crippen LogP contribution in [0, 0.1) is 28.1 Å². The van der Waals surface area contributed by atoms with E-state index in [4.69, 9.17) is 14.2 Å². The Hall–Kier alpha value is -3.58. The van der Waals surface area contributed by atoms with Crippen molar-refractivity contribution in [1.82, 2.24) is 0 Å². The fraction of sp³-hybridized carbons (Fsp3) is 0.263. The van der Waals surface area contributed by atoms with E-state index in [-0.39, 0.29) is 17.6 Å². The standard InChI is InChI=1S/C19H16N2O5/c1-24-14-7-6-12(9-15(14)25-2)17(13(10-20)11-21)19(18(23)26-3)8-4-5-16(19)22/h4-7,9H,8H2,1-3H3. The fourth-order valence-corrected chi connectivity index (χ4v) is 3.00. The zero-order chi connectivity index (χ0) is 19.3. The minimum absolute atomic E-state index is 0.00492. The van der Waals surface area contributed by atoms with Gasteiger partial charge in [0.25, 0.3) is 0 Å². The molecule has 0 aromatic heterocycles. The van der Waals surface area contributed by atoms with E-state index in [1.54, 1.807) is 24.3 Å². The number of carbonyl (C=O) groups excluding carboxylic acids is 2. The lowest BCUT2D eigenvalue weighted by Crippen LogP contribution is -2.38. The van der Waals surface area contributed by atoms with E-state index in [2.05, 4.69) is 0 Å². The number of nitrogens with zero attached hydrogens (tertiary/aromatic N) is 2. The van der Waals surface area contributed by atoms with E-state index in [0.717, 1.165) is 7.11 Å². The SMILES string of the molecule is COC(=O)C1(C(=C(C#N)C#N)c2ccc(OC)c(OC)c2)CC=CC1=O. The molecule has 1 aromatic carbocycles. The number of nitriles is 2. The van der Waals surface area contributed by atoms with Crippen molar-refractivity contribution in [3.8, 4) is 23.6 Å². The highest BCUT2D eigenvalue weighted by atomic mass is 16.5. The molecule has 1 aliphatic rings. The van der Waals surface area contributed by atoms with Gasteiger partial charge in [0.05, 0.1) is 21.3 Å². The maximum Gasteiger partial charge on any atom is 0.324 e. The van der Waals surface area contributed by atoms with E-state index >= 15 is 0 Å². The molecule has 0 spiro atoms. The van der Waals surface area contributed by atoms with Crippen LogP contribution < -0.4 is 9.47 Å². The van der Waals surface area contributed by atoms with Crippen molar-refractivity contribution in [3.05, 3.63) is 41.5 Å². The number of allylic oxidation sites excluding steroid dienone is 3. The quantitative estimate of drug-likeness (QED) is 0.454. The van der Waals surface area contributed by atoms with Gasteiger partial charge in [-0.3, -0.25) is 9.59 Å². The molecule has 0 heterocycles. The van der Waals surface area contributed by atoms with Crippen molar-refractivity contribution in [2.24, 2.45) is 5.41 Å². The molecule has 0 saturated carbocycles. The Morgan fingerprint density at radius 1 is 1.12 bits per heavy atom. The predicted molar refractivity (Wildman–Crippen MR) is 90.9 cm³/mol. The number of carbonyl (C=O) groups is 2. The molecule has 0 fully saturated rings. The fourth-order valence-electron chi connectivity index (χ4n) is 3.00. The van der Waals surface area contributed by atoms with Gasteiger partial charge in [0.2, 0.25) is 0 Å². The predicted octanol–water partition coefficient (Wildman–Crippen LogP) is 2.19. The summed E-state index contributed by atoms with van der Waals surface area (Å²) in [6, 6.07) is 8.19. The number of rotatable bonds is 5. The summed E-state index contributed by atoms with van der Waals surface area (Å²) in [6.07, 6.45) is 2.77. The Kier molecular flexibility index (Phi) is 5.44. The summed E-state index contributed by atoms with van der Waals surface area (Å²) in [5, 5.41) is 18.9. The van der Waals surface area contributed by atoms with Gasteiger partial charge in [-0.05, 0) is 30.2 Å². The first kappa shape index (κ1) is 18.8. The number of ether oxygens (including phenoxy) is 3. The summed E-state index contributed by atoms with van der Waals surface area (Å²) in [7, 11) is 4.05. The van der Waals surface area contributed by atoms with E-state index in [1.165, 1.54) is 32.4 Å². The Bertz CT molecular complexity index is 885. The van der Waals surface area contributed by atoms with Gasteiger partial charge in [-0.1, -0.05) is 12.1 Å². The van der Waals surface area contributed by atoms with E-state index in [9.17, 15) is 20.1 Å². The van der Waals surface area contributed by atoms with Gasteiger partial charge in [0.15, 0.2) is 22.7 Å². The van der Waals surface area contributed by atoms with Crippen LogP contribution in [-0.4, -0.2) is 33.1 Å². The van der Waals surface area contributed by atoms with Gasteiger partial charge < -0.3 is 14.2 Å². The molecule has 7 heteroatoms. The Balaban J connectivity index is 2.85. The summed E-state index contributed by atoms with van der Waals surface area (Å²) in [5.41, 5.74) is -1.82. The molecular formula is C19H16N2O5. The molecule has 0 N–H and O–H groups in total. The highest BCUT2D eigenvalue weighted by Crippen LogP contribution is 2.47. The van der Waals surface area contributed by atoms with Crippen molar-refractivity contribution in [2.45, 2.75) is 6.42 Å². The van der Waals surface area contributed by atoms with E-state index < -0.39 is 17.2 Å². The lowest BCUT2D eigenvalue weighted by Gasteiger charge is -2.28. The van der Waals surface area contributed by atoms with Crippen LogP contribution in [0.15, 0.2) is 35.9 Å². The van der Waals surface area contributed by atoms with Gasteiger partial charge in [0.1, 0.15) is 17.7 Å². The van der Waals surface area contributed by atoms with Crippen LogP contribution in [0.3, 0.4) is 0 Å². The Labute approximate surface area is 150 Å². The average Bonchev–Trinajstić information content (AvgIpc) is 3.06. The van der Waals surface area contributed by atoms with Crippen molar-refractivity contribution in [1.29, 1.82) is 10.5 Å². The maximum absolute atomic E-state index is 12.6. The molecule has 1 aliphatic carbocycles. The maximum atomic E-state index is 12.6. The number of ketones is 1. The van der Waals surface area contributed by atoms with Gasteiger partial charge >= 0.3 is 5.97 Å². The monoisotopic (exact) mass is 352 g/mol. The number of methoxy groups -OCH3 is 3. The molecular weight excluding hydrogens is 336 g/mol. The van der Waals surface area contributed by atoms with Crippen LogP contribution in [0.2, 0.25) is 0 Å². The highest BCUT2D eigenvalue weighted by Gasteiger charge is 2.52. The molecule has 2 rings (SSSR count). The first-order valence-corrected chi connectivity index (χ1v) is 7.56. The molecule has 1 aromatic rings. The topological polar surface area (TPSA) is 109 Å². The second kappa shape index (κ2) is 7.54. The van der Waals surface area contributed by atoms with Crippen molar-refractivity contribution in [3.63, 3.8) is 0 Å². The number of hydrogen-bond acceptors (Lipinski definition) is 7. The number of hydrogen-bond donors (Lipinski definition) is 0. The molecule has 132 valence electrons. The molecule has 0 radical (unpaired) electrons. The highest BCUT2D eigenvalue weighted by molar-refractivity contribution is 6.21. The normalized spacial score (nSPS) is 17.8. The van der Waals surface area contributed by atoms with Crippen LogP contribution >= 0.6 is 0 Å². The molecule has 0 saturated heterocycles. The molecule has 7 nitrogen and oxygen atoms in total. The summed E-state index contributed by atoms with van der Waals surface area (Å²) in [4.78, 5) is 25.2. The lowest BCUT2D eigenvalue weighted by atomic mass is 9.72. The van der Waals surface area contributed by atoms with E-state index in [0.29, 0.717) is 17.1 Å². The summed E-state index contributed by atoms with van der Waals surface area (Å²) in [6.45, 7) is 0. The van der Waals surface area contributed by atoms with Gasteiger partial charge in [-0.15, -0.1) is 0 Å². The van der Waals surface area contributed by atoms with Crippen LogP contribution in [0.5, 0.6) is 11.5 Å². The Morgan fingerprint density at radius 2 is 1.77 bits per heavy atom. The lowest BCUT2D eigenvalue weighted by molar-refractivity contribution is -0.151. The van der Waals surface area contributed by atoms with Crippen molar-refractivity contribution in [2.75, 3.05) is 21.3 Å². The molecule has 26 heavy (non-hydrogen) atoms. The second-order valence-electron chi connectivity index (χ2n) is 5.41. The first-order valence-electron chi connectivity index (χ1n) is 7.56. The smallest absolute Gasteiger partial charge is 0.324 e. The third-order valence-electron chi connectivity index (χ3n) is 4.22. The minimum Gasteiger partial charge on any atom is -0.493 e. The second-order valence-corrected chi connectivity index (χ2v) is 5.41. The average molecular weight is 352 g/mol. The number of esters is 1. The summed E-state index contributed by atoms with van der Waals surface area (Å²) >= 11 is 0. The van der Waals surface area contributed by atoms with Crippen LogP contribution in [0.4, 0.5) is 0 Å². The molecule has 0 aliphatic heterocycles. The van der Waals surface area contributed by atoms with Crippen molar-refractivity contribution < 1.29 is 23.8 Å². The largest absolute Gasteiger partial charge is 0.493 e. The van der Waals surface area contributed by atoms with Gasteiger partial charge in [0, 0.05) is 5.57 Å². The van der Waals surface area contributed by atoms with Crippen molar-refractivity contribution >= 4 is 17.3 Å². The van der Waals surface area contributed by atoms with Crippen LogP contribution in [-0.2, 0) is 14.3 Å². The molecule has 0 bridgehead atoms. The van der Waals surface area contributed by atoms with Crippen LogP contribution in [0.1, 0.15) is 12.0 Å². The summed E-state index contributed by atoms with van der Waals surface area (Å²) in [5.74, 6) is -0.623. The third-order valence-corrected chi connectivity index (χ3v) is 4.22. The molecule has 1 unspecified atom stereocenters. The molecule has 1 atom stereocenters. The van der Waals surface area contributed by atoms with Gasteiger partial charge in [-0.25, -0.2) is 0 Å². The molecule has 0 amide bonds. The minimum atomic E-state index is -1.78. The zero-order valence-electron chi connectivity index (χ0n) is 14.5. The van der Waals surface area contributed by atoms with Crippen LogP contribution in [0.25, 0.3) is 5.57 Å².